The predicted octanol–water partition coefficient (Wildman–Crippen LogP) is 2.65. The Morgan fingerprint density at radius 1 is 1.48 bits per heavy atom. The van der Waals surface area contributed by atoms with E-state index in [9.17, 15) is 10.1 Å². The minimum Gasteiger partial charge on any atom is -0.491 e. The van der Waals surface area contributed by atoms with Gasteiger partial charge in [0.15, 0.2) is 0 Å². The van der Waals surface area contributed by atoms with Crippen molar-refractivity contribution < 1.29 is 14.4 Å². The fourth-order valence-electron chi connectivity index (χ4n) is 2.34. The third-order valence-electron chi connectivity index (χ3n) is 3.52. The van der Waals surface area contributed by atoms with E-state index < -0.39 is 0 Å². The zero-order valence-corrected chi connectivity index (χ0v) is 12.3. The van der Waals surface area contributed by atoms with Crippen LogP contribution in [0.5, 0.6) is 5.75 Å². The molecule has 1 aliphatic heterocycles. The zero-order valence-electron chi connectivity index (χ0n) is 12.3. The molecule has 1 unspecified atom stereocenters. The maximum atomic E-state index is 10.9. The van der Waals surface area contributed by atoms with Crippen LogP contribution in [-0.4, -0.2) is 30.8 Å². The molecule has 1 heterocycles. The second kappa shape index (κ2) is 7.95. The minimum absolute atomic E-state index is 0.0872. The molecule has 0 amide bonds. The van der Waals surface area contributed by atoms with Crippen LogP contribution >= 0.6 is 0 Å². The third kappa shape index (κ3) is 4.68. The molecule has 116 valence electrons. The van der Waals surface area contributed by atoms with Crippen molar-refractivity contribution in [1.29, 1.82) is 0 Å². The topological polar surface area (TPSA) is 73.6 Å². The summed E-state index contributed by atoms with van der Waals surface area (Å²) >= 11 is 0. The summed E-state index contributed by atoms with van der Waals surface area (Å²) in [6, 6.07) is 4.72. The van der Waals surface area contributed by atoms with Crippen LogP contribution in [0.25, 0.3) is 0 Å². The van der Waals surface area contributed by atoms with E-state index in [4.69, 9.17) is 9.47 Å². The van der Waals surface area contributed by atoms with Gasteiger partial charge in [0, 0.05) is 30.8 Å². The number of hydrogen-bond donors (Lipinski definition) is 1. The molecule has 1 N–H and O–H groups in total. The Kier molecular flexibility index (Phi) is 5.95. The highest BCUT2D eigenvalue weighted by Gasteiger charge is 2.16. The molecule has 0 spiro atoms. The fraction of sp³-hybridized carbons (Fsp3) is 0.600. The maximum Gasteiger partial charge on any atom is 0.270 e. The summed E-state index contributed by atoms with van der Waals surface area (Å²) in [6.45, 7) is 4.64. The first-order chi connectivity index (χ1) is 10.2. The molecule has 6 heteroatoms. The molecule has 1 aromatic carbocycles. The van der Waals surface area contributed by atoms with Gasteiger partial charge in [0.05, 0.1) is 11.0 Å². The number of nitrogens with one attached hydrogen (secondary N) is 1. The minimum atomic E-state index is -0.385. The van der Waals surface area contributed by atoms with Gasteiger partial charge in [-0.05, 0) is 31.9 Å². The number of ether oxygens (including phenoxy) is 2. The number of nitro groups is 1. The van der Waals surface area contributed by atoms with E-state index in [0.29, 0.717) is 18.9 Å². The first kappa shape index (κ1) is 15.7. The average Bonchev–Trinajstić information content (AvgIpc) is 2.52. The Hall–Kier alpha value is -1.66. The van der Waals surface area contributed by atoms with Crippen LogP contribution in [0.4, 0.5) is 5.69 Å². The van der Waals surface area contributed by atoms with Crippen LogP contribution in [0.3, 0.4) is 0 Å². The van der Waals surface area contributed by atoms with E-state index in [1.807, 2.05) is 6.92 Å². The summed E-state index contributed by atoms with van der Waals surface area (Å²) < 4.78 is 11.5. The lowest BCUT2D eigenvalue weighted by atomic mass is 10.1. The molecule has 1 aliphatic rings. The van der Waals surface area contributed by atoms with Gasteiger partial charge in [0.25, 0.3) is 5.69 Å². The Labute approximate surface area is 124 Å². The highest BCUT2D eigenvalue weighted by Crippen LogP contribution is 2.25. The van der Waals surface area contributed by atoms with E-state index in [0.717, 1.165) is 31.6 Å². The van der Waals surface area contributed by atoms with Crippen LogP contribution in [0.15, 0.2) is 18.2 Å². The number of nitrogens with zero attached hydrogens (tertiary/aromatic N) is 1. The molecule has 0 aliphatic carbocycles. The molecule has 1 atom stereocenters. The maximum absolute atomic E-state index is 10.9. The number of hydrogen-bond acceptors (Lipinski definition) is 5. The van der Waals surface area contributed by atoms with Crippen molar-refractivity contribution in [3.05, 3.63) is 33.9 Å². The average molecular weight is 294 g/mol. The number of rotatable bonds is 7. The lowest BCUT2D eigenvalue weighted by Gasteiger charge is -2.23. The summed E-state index contributed by atoms with van der Waals surface area (Å²) in [6.07, 6.45) is 3.41. The van der Waals surface area contributed by atoms with Crippen molar-refractivity contribution in [1.82, 2.24) is 5.32 Å². The Bertz CT molecular complexity index is 473. The fourth-order valence-corrected chi connectivity index (χ4v) is 2.34. The van der Waals surface area contributed by atoms with Crippen LogP contribution < -0.4 is 10.1 Å². The number of non-ortho nitro benzene ring substituents is 1. The van der Waals surface area contributed by atoms with Crippen molar-refractivity contribution in [2.45, 2.75) is 38.8 Å². The van der Waals surface area contributed by atoms with Crippen molar-refractivity contribution >= 4 is 5.69 Å². The van der Waals surface area contributed by atoms with Crippen LogP contribution in [0.2, 0.25) is 0 Å². The molecule has 1 aromatic rings. The largest absolute Gasteiger partial charge is 0.491 e. The summed E-state index contributed by atoms with van der Waals surface area (Å²) in [5.41, 5.74) is 0.894. The molecule has 0 saturated carbocycles. The lowest BCUT2D eigenvalue weighted by Crippen LogP contribution is -2.26. The second-order valence-electron chi connectivity index (χ2n) is 5.13. The second-order valence-corrected chi connectivity index (χ2v) is 5.13. The van der Waals surface area contributed by atoms with E-state index in [-0.39, 0.29) is 16.7 Å². The van der Waals surface area contributed by atoms with Crippen LogP contribution in [0, 0.1) is 10.1 Å². The molecule has 2 rings (SSSR count). The summed E-state index contributed by atoms with van der Waals surface area (Å²) in [5.74, 6) is 0.690. The van der Waals surface area contributed by atoms with Gasteiger partial charge in [0.2, 0.25) is 0 Å². The van der Waals surface area contributed by atoms with Crippen molar-refractivity contribution in [3.8, 4) is 5.75 Å². The van der Waals surface area contributed by atoms with Crippen molar-refractivity contribution in [2.24, 2.45) is 0 Å². The van der Waals surface area contributed by atoms with Gasteiger partial charge in [-0.2, -0.15) is 0 Å². The van der Waals surface area contributed by atoms with E-state index in [1.54, 1.807) is 12.1 Å². The quantitative estimate of drug-likeness (QED) is 0.618. The first-order valence-electron chi connectivity index (χ1n) is 7.43. The summed E-state index contributed by atoms with van der Waals surface area (Å²) in [4.78, 5) is 10.5. The van der Waals surface area contributed by atoms with Crippen LogP contribution in [0.1, 0.15) is 31.7 Å². The molecule has 21 heavy (non-hydrogen) atoms. The molecular formula is C15H22N2O4. The van der Waals surface area contributed by atoms with Crippen molar-refractivity contribution in [3.63, 3.8) is 0 Å². The van der Waals surface area contributed by atoms with E-state index >= 15 is 0 Å². The molecule has 1 saturated heterocycles. The zero-order chi connectivity index (χ0) is 15.1. The smallest absolute Gasteiger partial charge is 0.270 e. The van der Waals surface area contributed by atoms with Gasteiger partial charge in [-0.25, -0.2) is 0 Å². The number of nitro benzene ring substituents is 1. The van der Waals surface area contributed by atoms with E-state index in [2.05, 4.69) is 5.32 Å². The SMILES string of the molecule is CCNCc1cc([N+](=O)[O-])ccc1OCC1CCCCO1. The molecule has 0 radical (unpaired) electrons. The third-order valence-corrected chi connectivity index (χ3v) is 3.52. The summed E-state index contributed by atoms with van der Waals surface area (Å²) in [5, 5.41) is 14.0. The van der Waals surface area contributed by atoms with Gasteiger partial charge in [-0.15, -0.1) is 0 Å². The molecule has 1 fully saturated rings. The monoisotopic (exact) mass is 294 g/mol. The predicted molar refractivity (Wildman–Crippen MR) is 79.6 cm³/mol. The Balaban J connectivity index is 2.03. The highest BCUT2D eigenvalue weighted by molar-refractivity contribution is 5.43. The molecule has 0 bridgehead atoms. The lowest BCUT2D eigenvalue weighted by molar-refractivity contribution is -0.384. The number of benzene rings is 1. The molecule has 6 nitrogen and oxygen atoms in total. The molecule has 0 aromatic heterocycles. The van der Waals surface area contributed by atoms with Crippen molar-refractivity contribution in [2.75, 3.05) is 19.8 Å². The van der Waals surface area contributed by atoms with Gasteiger partial charge < -0.3 is 14.8 Å². The standard InChI is InChI=1S/C15H22N2O4/c1-2-16-10-12-9-13(17(18)19)6-7-15(12)21-11-14-5-3-4-8-20-14/h6-7,9,14,16H,2-5,8,10-11H2,1H3. The van der Waals surface area contributed by atoms with Gasteiger partial charge >= 0.3 is 0 Å². The summed E-state index contributed by atoms with van der Waals surface area (Å²) in [7, 11) is 0. The van der Waals surface area contributed by atoms with Gasteiger partial charge in [-0.3, -0.25) is 10.1 Å². The van der Waals surface area contributed by atoms with Gasteiger partial charge in [0.1, 0.15) is 12.4 Å². The normalized spacial score (nSPS) is 18.4. The first-order valence-corrected chi connectivity index (χ1v) is 7.43. The van der Waals surface area contributed by atoms with E-state index in [1.165, 1.54) is 12.5 Å². The Morgan fingerprint density at radius 2 is 2.33 bits per heavy atom. The Morgan fingerprint density at radius 3 is 3.00 bits per heavy atom. The molecular weight excluding hydrogens is 272 g/mol. The van der Waals surface area contributed by atoms with Crippen LogP contribution in [-0.2, 0) is 11.3 Å². The highest BCUT2D eigenvalue weighted by atomic mass is 16.6. The van der Waals surface area contributed by atoms with Gasteiger partial charge in [-0.1, -0.05) is 6.92 Å².